The molecule has 1 heterocycles. The van der Waals surface area contributed by atoms with Crippen molar-refractivity contribution < 1.29 is 4.79 Å². The SMILES string of the molecule is C=Nc1ccc(C(C)C)cc1SCCCC(=O)NC(CC(=C)CN1CCCC1)C(C)CC. The molecule has 1 N–H and O–H groups in total. The molecule has 0 saturated carbocycles. The molecule has 5 heteroatoms. The molecule has 2 rings (SSSR count). The van der Waals surface area contributed by atoms with Crippen LogP contribution in [0.5, 0.6) is 0 Å². The van der Waals surface area contributed by atoms with Gasteiger partial charge in [-0.3, -0.25) is 14.7 Å². The highest BCUT2D eigenvalue weighted by molar-refractivity contribution is 7.99. The average molecular weight is 458 g/mol. The molecule has 1 amide bonds. The molecule has 2 atom stereocenters. The van der Waals surface area contributed by atoms with Gasteiger partial charge in [0.05, 0.1) is 5.69 Å². The van der Waals surface area contributed by atoms with E-state index >= 15 is 0 Å². The van der Waals surface area contributed by atoms with Crippen molar-refractivity contribution in [3.8, 4) is 0 Å². The number of thioether (sulfide) groups is 1. The minimum atomic E-state index is 0.155. The highest BCUT2D eigenvalue weighted by atomic mass is 32.2. The second-order valence-corrected chi connectivity index (χ2v) is 10.6. The number of nitrogens with one attached hydrogen (secondary N) is 1. The van der Waals surface area contributed by atoms with E-state index in [1.807, 2.05) is 6.07 Å². The van der Waals surface area contributed by atoms with Gasteiger partial charge < -0.3 is 5.32 Å². The molecule has 1 saturated heterocycles. The molecule has 0 spiro atoms. The minimum Gasteiger partial charge on any atom is -0.353 e. The number of benzene rings is 1. The highest BCUT2D eigenvalue weighted by Gasteiger charge is 2.21. The topological polar surface area (TPSA) is 44.7 Å². The summed E-state index contributed by atoms with van der Waals surface area (Å²) in [5, 5.41) is 3.31. The predicted molar refractivity (Wildman–Crippen MR) is 141 cm³/mol. The number of hydrogen-bond donors (Lipinski definition) is 1. The maximum Gasteiger partial charge on any atom is 0.220 e. The Morgan fingerprint density at radius 2 is 1.97 bits per heavy atom. The zero-order valence-corrected chi connectivity index (χ0v) is 21.5. The van der Waals surface area contributed by atoms with Gasteiger partial charge >= 0.3 is 0 Å². The van der Waals surface area contributed by atoms with Gasteiger partial charge in [-0.05, 0) is 80.8 Å². The van der Waals surface area contributed by atoms with Crippen LogP contribution in [-0.4, -0.2) is 49.0 Å². The maximum absolute atomic E-state index is 12.7. The normalized spacial score (nSPS) is 16.2. The standard InChI is InChI=1S/C27H43N3OS/c1-7-22(5)25(17-21(4)19-30-14-8-9-15-30)29-27(31)11-10-16-32-26-18-23(20(2)3)12-13-24(26)28-6/h12-13,18,20,22,25H,4,6-11,14-17,19H2,1-3,5H3,(H,29,31). The van der Waals surface area contributed by atoms with Gasteiger partial charge in [-0.15, -0.1) is 11.8 Å². The Morgan fingerprint density at radius 1 is 1.25 bits per heavy atom. The third kappa shape index (κ3) is 8.74. The lowest BCUT2D eigenvalue weighted by Gasteiger charge is -2.27. The first-order valence-electron chi connectivity index (χ1n) is 12.3. The van der Waals surface area contributed by atoms with E-state index in [9.17, 15) is 4.79 Å². The number of carbonyl (C=O) groups is 1. The quantitative estimate of drug-likeness (QED) is 0.148. The van der Waals surface area contributed by atoms with Crippen LogP contribution in [0.15, 0.2) is 40.2 Å². The van der Waals surface area contributed by atoms with Gasteiger partial charge in [0.1, 0.15) is 0 Å². The number of carbonyl (C=O) groups excluding carboxylic acids is 1. The summed E-state index contributed by atoms with van der Waals surface area (Å²) in [5.41, 5.74) is 3.47. The van der Waals surface area contributed by atoms with E-state index in [0.29, 0.717) is 18.3 Å². The summed E-state index contributed by atoms with van der Waals surface area (Å²) >= 11 is 1.77. The minimum absolute atomic E-state index is 0.155. The third-order valence-corrected chi connectivity index (χ3v) is 7.59. The van der Waals surface area contributed by atoms with Crippen molar-refractivity contribution in [2.24, 2.45) is 10.9 Å². The van der Waals surface area contributed by atoms with Crippen LogP contribution in [0.4, 0.5) is 5.69 Å². The third-order valence-electron chi connectivity index (χ3n) is 6.46. The zero-order chi connectivity index (χ0) is 23.5. The summed E-state index contributed by atoms with van der Waals surface area (Å²) in [6.07, 6.45) is 5.93. The number of hydrogen-bond acceptors (Lipinski definition) is 4. The van der Waals surface area contributed by atoms with E-state index < -0.39 is 0 Å². The van der Waals surface area contributed by atoms with Gasteiger partial charge in [-0.25, -0.2) is 0 Å². The van der Waals surface area contributed by atoms with Crippen molar-refractivity contribution in [2.75, 3.05) is 25.4 Å². The van der Waals surface area contributed by atoms with E-state index in [0.717, 1.165) is 42.1 Å². The monoisotopic (exact) mass is 457 g/mol. The molecule has 0 aromatic heterocycles. The van der Waals surface area contributed by atoms with Gasteiger partial charge in [0.25, 0.3) is 0 Å². The maximum atomic E-state index is 12.7. The fourth-order valence-electron chi connectivity index (χ4n) is 4.14. The van der Waals surface area contributed by atoms with Crippen LogP contribution in [0.25, 0.3) is 0 Å². The summed E-state index contributed by atoms with van der Waals surface area (Å²) in [6.45, 7) is 20.2. The van der Waals surface area contributed by atoms with E-state index in [2.05, 4.69) is 68.3 Å². The molecule has 2 unspecified atom stereocenters. The molecular weight excluding hydrogens is 414 g/mol. The second kappa shape index (κ2) is 13.8. The molecule has 4 nitrogen and oxygen atoms in total. The van der Waals surface area contributed by atoms with Gasteiger partial charge in [0.15, 0.2) is 0 Å². The lowest BCUT2D eigenvalue weighted by molar-refractivity contribution is -0.122. The number of likely N-dealkylation sites (tertiary alicyclic amines) is 1. The Bertz CT molecular complexity index is 755. The second-order valence-electron chi connectivity index (χ2n) is 9.49. The van der Waals surface area contributed by atoms with E-state index in [-0.39, 0.29) is 11.9 Å². The molecule has 0 radical (unpaired) electrons. The van der Waals surface area contributed by atoms with Crippen molar-refractivity contribution in [2.45, 2.75) is 83.1 Å². The molecule has 1 fully saturated rings. The first-order chi connectivity index (χ1) is 15.3. The fraction of sp³-hybridized carbons (Fsp3) is 0.630. The van der Waals surface area contributed by atoms with E-state index in [4.69, 9.17) is 0 Å². The molecule has 178 valence electrons. The zero-order valence-electron chi connectivity index (χ0n) is 20.7. The van der Waals surface area contributed by atoms with Crippen LogP contribution in [0.3, 0.4) is 0 Å². The van der Waals surface area contributed by atoms with Crippen LogP contribution in [0.2, 0.25) is 0 Å². The van der Waals surface area contributed by atoms with Crippen molar-refractivity contribution in [3.05, 3.63) is 35.9 Å². The van der Waals surface area contributed by atoms with Crippen LogP contribution < -0.4 is 5.32 Å². The highest BCUT2D eigenvalue weighted by Crippen LogP contribution is 2.33. The smallest absolute Gasteiger partial charge is 0.220 e. The molecule has 1 aromatic rings. The number of rotatable bonds is 14. The van der Waals surface area contributed by atoms with Gasteiger partial charge in [0.2, 0.25) is 5.91 Å². The summed E-state index contributed by atoms with van der Waals surface area (Å²) in [7, 11) is 0. The van der Waals surface area contributed by atoms with Crippen LogP contribution in [0.1, 0.15) is 77.7 Å². The van der Waals surface area contributed by atoms with Crippen LogP contribution in [-0.2, 0) is 4.79 Å². The molecule has 1 aliphatic rings. The Morgan fingerprint density at radius 3 is 2.59 bits per heavy atom. The van der Waals surface area contributed by atoms with Crippen LogP contribution in [0, 0.1) is 5.92 Å². The van der Waals surface area contributed by atoms with Crippen LogP contribution >= 0.6 is 11.8 Å². The summed E-state index contributed by atoms with van der Waals surface area (Å²) in [5.74, 6) is 1.98. The average Bonchev–Trinajstić information content (AvgIpc) is 3.28. The van der Waals surface area contributed by atoms with Crippen molar-refractivity contribution >= 4 is 30.1 Å². The summed E-state index contributed by atoms with van der Waals surface area (Å²) < 4.78 is 0. The molecule has 1 aromatic carbocycles. The number of amides is 1. The molecule has 0 bridgehead atoms. The lowest BCUT2D eigenvalue weighted by atomic mass is 9.93. The molecule has 1 aliphatic heterocycles. The van der Waals surface area contributed by atoms with Crippen molar-refractivity contribution in [1.29, 1.82) is 0 Å². The first-order valence-corrected chi connectivity index (χ1v) is 13.2. The van der Waals surface area contributed by atoms with E-state index in [1.165, 1.54) is 37.1 Å². The molecule has 32 heavy (non-hydrogen) atoms. The number of aliphatic imine (C=N–C) groups is 1. The van der Waals surface area contributed by atoms with Gasteiger partial charge in [-0.2, -0.15) is 0 Å². The van der Waals surface area contributed by atoms with Crippen molar-refractivity contribution in [1.82, 2.24) is 10.2 Å². The molecule has 0 aliphatic carbocycles. The van der Waals surface area contributed by atoms with Gasteiger partial charge in [-0.1, -0.05) is 52.3 Å². The Kier molecular flexibility index (Phi) is 11.5. The fourth-order valence-corrected chi connectivity index (χ4v) is 5.15. The summed E-state index contributed by atoms with van der Waals surface area (Å²) in [6, 6.07) is 6.56. The Labute approximate surface area is 200 Å². The summed E-state index contributed by atoms with van der Waals surface area (Å²) in [4.78, 5) is 20.5. The van der Waals surface area contributed by atoms with E-state index in [1.54, 1.807) is 11.8 Å². The Balaban J connectivity index is 1.81. The Hall–Kier alpha value is -1.59. The van der Waals surface area contributed by atoms with Crippen molar-refractivity contribution in [3.63, 3.8) is 0 Å². The van der Waals surface area contributed by atoms with Gasteiger partial charge in [0, 0.05) is 23.9 Å². The lowest BCUT2D eigenvalue weighted by Crippen LogP contribution is -2.40. The first kappa shape index (κ1) is 26.7. The number of nitrogens with zero attached hydrogens (tertiary/aromatic N) is 2. The largest absolute Gasteiger partial charge is 0.353 e. The predicted octanol–water partition coefficient (Wildman–Crippen LogP) is 6.59. The molecular formula is C27H43N3OS.